The molecule has 5 nitrogen and oxygen atoms in total. The molecule has 2 atom stereocenters. The zero-order chi connectivity index (χ0) is 17.3. The van der Waals surface area contributed by atoms with Gasteiger partial charge in [0.15, 0.2) is 6.61 Å². The summed E-state index contributed by atoms with van der Waals surface area (Å²) in [4.78, 5) is 26.5. The Hall–Kier alpha value is -1.63. The van der Waals surface area contributed by atoms with Crippen LogP contribution in [0.4, 0.5) is 0 Å². The second kappa shape index (κ2) is 7.09. The molecule has 0 N–H and O–H groups in total. The smallest absolute Gasteiger partial charge is 0.350 e. The Morgan fingerprint density at radius 3 is 2.62 bits per heavy atom. The molecular weight excluding hydrogens is 350 g/mol. The number of hydrogen-bond acceptors (Lipinski definition) is 5. The Morgan fingerprint density at radius 1 is 1.29 bits per heavy atom. The molecule has 7 heteroatoms. The Balaban J connectivity index is 1.64. The van der Waals surface area contributed by atoms with Gasteiger partial charge >= 0.3 is 5.97 Å². The van der Waals surface area contributed by atoms with Gasteiger partial charge < -0.3 is 14.4 Å². The molecule has 0 radical (unpaired) electrons. The van der Waals surface area contributed by atoms with Crippen molar-refractivity contribution >= 4 is 44.9 Å². The third-order valence-corrected chi connectivity index (χ3v) is 5.47. The summed E-state index contributed by atoms with van der Waals surface area (Å²) < 4.78 is 11.7. The summed E-state index contributed by atoms with van der Waals surface area (Å²) in [5.74, 6) is -0.786. The molecule has 1 aromatic carbocycles. The van der Waals surface area contributed by atoms with Crippen molar-refractivity contribution in [3.8, 4) is 0 Å². The maximum atomic E-state index is 12.3. The summed E-state index contributed by atoms with van der Waals surface area (Å²) in [5, 5.41) is 1.19. The molecule has 1 saturated heterocycles. The average Bonchev–Trinajstić information content (AvgIpc) is 2.89. The summed E-state index contributed by atoms with van der Waals surface area (Å²) in [5.41, 5.74) is 0. The maximum Gasteiger partial charge on any atom is 0.350 e. The van der Waals surface area contributed by atoms with Gasteiger partial charge in [-0.05, 0) is 19.9 Å². The number of carbonyl (C=O) groups is 2. The van der Waals surface area contributed by atoms with E-state index < -0.39 is 5.97 Å². The highest BCUT2D eigenvalue weighted by atomic mass is 35.5. The predicted octanol–water partition coefficient (Wildman–Crippen LogP) is 3.35. The molecule has 2 aromatic rings. The van der Waals surface area contributed by atoms with E-state index in [2.05, 4.69) is 0 Å². The van der Waals surface area contributed by atoms with Crippen LogP contribution in [0.3, 0.4) is 0 Å². The Bertz CT molecular complexity index is 765. The van der Waals surface area contributed by atoms with Crippen molar-refractivity contribution < 1.29 is 19.1 Å². The van der Waals surface area contributed by atoms with Gasteiger partial charge in [-0.25, -0.2) is 4.79 Å². The van der Waals surface area contributed by atoms with Crippen LogP contribution in [0.25, 0.3) is 10.1 Å². The van der Waals surface area contributed by atoms with Gasteiger partial charge in [-0.3, -0.25) is 4.79 Å². The molecule has 128 valence electrons. The molecule has 1 fully saturated rings. The monoisotopic (exact) mass is 367 g/mol. The fraction of sp³-hybridized carbons (Fsp3) is 0.412. The Labute approximate surface area is 149 Å². The average molecular weight is 368 g/mol. The Morgan fingerprint density at radius 2 is 1.96 bits per heavy atom. The molecule has 0 spiro atoms. The first-order chi connectivity index (χ1) is 11.5. The fourth-order valence-electron chi connectivity index (χ4n) is 2.81. The number of thiophene rings is 1. The summed E-state index contributed by atoms with van der Waals surface area (Å²) in [6.45, 7) is 4.55. The number of ether oxygens (including phenoxy) is 2. The van der Waals surface area contributed by atoms with E-state index in [1.54, 1.807) is 4.90 Å². The van der Waals surface area contributed by atoms with Crippen molar-refractivity contribution in [2.75, 3.05) is 19.7 Å². The standard InChI is InChI=1S/C17H18ClNO4S/c1-10-7-19(8-11(2)23-10)14(20)9-22-17(21)16-15(18)12-5-3-4-6-13(12)24-16/h3-6,10-11H,7-9H2,1-2H3/t10-,11-/m0/s1. The number of halogens is 1. The van der Waals surface area contributed by atoms with Crippen LogP contribution in [-0.2, 0) is 14.3 Å². The van der Waals surface area contributed by atoms with Crippen molar-refractivity contribution in [3.05, 3.63) is 34.2 Å². The topological polar surface area (TPSA) is 55.8 Å². The number of fused-ring (bicyclic) bond motifs is 1. The number of benzene rings is 1. The van der Waals surface area contributed by atoms with Gasteiger partial charge in [0.05, 0.1) is 17.2 Å². The lowest BCUT2D eigenvalue weighted by molar-refractivity contribution is -0.146. The molecule has 1 aliphatic rings. The van der Waals surface area contributed by atoms with Gasteiger partial charge in [-0.1, -0.05) is 29.8 Å². The molecule has 2 heterocycles. The van der Waals surface area contributed by atoms with Gasteiger partial charge in [0, 0.05) is 23.2 Å². The molecule has 0 aliphatic carbocycles. The van der Waals surface area contributed by atoms with Crippen LogP contribution in [0.5, 0.6) is 0 Å². The van der Waals surface area contributed by atoms with E-state index in [0.29, 0.717) is 23.0 Å². The summed E-state index contributed by atoms with van der Waals surface area (Å²) in [6.07, 6.45) is -0.0455. The number of amides is 1. The highest BCUT2D eigenvalue weighted by molar-refractivity contribution is 7.21. The highest BCUT2D eigenvalue weighted by Gasteiger charge is 2.27. The van der Waals surface area contributed by atoms with Crippen molar-refractivity contribution in [2.45, 2.75) is 26.1 Å². The third kappa shape index (κ3) is 3.55. The van der Waals surface area contributed by atoms with Crippen LogP contribution in [0.2, 0.25) is 5.02 Å². The highest BCUT2D eigenvalue weighted by Crippen LogP contribution is 2.35. The second-order valence-electron chi connectivity index (χ2n) is 5.87. The third-order valence-electron chi connectivity index (χ3n) is 3.82. The molecule has 3 rings (SSSR count). The summed E-state index contributed by atoms with van der Waals surface area (Å²) in [6, 6.07) is 7.49. The fourth-order valence-corrected chi connectivity index (χ4v) is 4.21. The van der Waals surface area contributed by atoms with E-state index in [4.69, 9.17) is 21.1 Å². The van der Waals surface area contributed by atoms with Gasteiger partial charge in [-0.15, -0.1) is 11.3 Å². The van der Waals surface area contributed by atoms with Crippen molar-refractivity contribution in [1.82, 2.24) is 4.90 Å². The summed E-state index contributed by atoms with van der Waals surface area (Å²) in [7, 11) is 0. The molecule has 0 unspecified atom stereocenters. The predicted molar refractivity (Wildman–Crippen MR) is 93.7 cm³/mol. The van der Waals surface area contributed by atoms with E-state index in [-0.39, 0.29) is 24.7 Å². The number of esters is 1. The van der Waals surface area contributed by atoms with Gasteiger partial charge in [0.1, 0.15) is 4.88 Å². The quantitative estimate of drug-likeness (QED) is 0.781. The maximum absolute atomic E-state index is 12.3. The number of carbonyl (C=O) groups excluding carboxylic acids is 2. The number of morpholine rings is 1. The molecule has 1 aliphatic heterocycles. The van der Waals surface area contributed by atoms with Crippen LogP contribution >= 0.6 is 22.9 Å². The molecule has 24 heavy (non-hydrogen) atoms. The van der Waals surface area contributed by atoms with E-state index in [9.17, 15) is 9.59 Å². The molecule has 1 amide bonds. The van der Waals surface area contributed by atoms with Crippen LogP contribution < -0.4 is 0 Å². The molecular formula is C17H18ClNO4S. The van der Waals surface area contributed by atoms with Gasteiger partial charge in [-0.2, -0.15) is 0 Å². The SMILES string of the molecule is C[C@H]1CN(C(=O)COC(=O)c2sc3ccccc3c2Cl)C[C@H](C)O1. The zero-order valence-corrected chi connectivity index (χ0v) is 15.0. The Kier molecular flexibility index (Phi) is 5.08. The first-order valence-corrected chi connectivity index (χ1v) is 8.92. The van der Waals surface area contributed by atoms with Crippen molar-refractivity contribution in [1.29, 1.82) is 0 Å². The minimum Gasteiger partial charge on any atom is -0.451 e. The van der Waals surface area contributed by atoms with Gasteiger partial charge in [0.2, 0.25) is 0 Å². The zero-order valence-electron chi connectivity index (χ0n) is 13.5. The van der Waals surface area contributed by atoms with Crippen molar-refractivity contribution in [3.63, 3.8) is 0 Å². The lowest BCUT2D eigenvalue weighted by Gasteiger charge is -2.35. The van der Waals surface area contributed by atoms with Crippen LogP contribution in [0.1, 0.15) is 23.5 Å². The minimum atomic E-state index is -0.566. The number of hydrogen-bond donors (Lipinski definition) is 0. The van der Waals surface area contributed by atoms with Crippen LogP contribution in [0.15, 0.2) is 24.3 Å². The first kappa shape index (κ1) is 17.2. The van der Waals surface area contributed by atoms with Gasteiger partial charge in [0.25, 0.3) is 5.91 Å². The first-order valence-electron chi connectivity index (χ1n) is 7.73. The van der Waals surface area contributed by atoms with E-state index >= 15 is 0 Å². The minimum absolute atomic E-state index is 0.0227. The lowest BCUT2D eigenvalue weighted by Crippen LogP contribution is -2.49. The lowest BCUT2D eigenvalue weighted by atomic mass is 10.2. The van der Waals surface area contributed by atoms with E-state index in [1.807, 2.05) is 38.1 Å². The van der Waals surface area contributed by atoms with Crippen LogP contribution in [0, 0.1) is 0 Å². The van der Waals surface area contributed by atoms with E-state index in [0.717, 1.165) is 10.1 Å². The molecule has 0 bridgehead atoms. The second-order valence-corrected chi connectivity index (χ2v) is 7.30. The molecule has 1 aromatic heterocycles. The summed E-state index contributed by atoms with van der Waals surface area (Å²) >= 11 is 7.52. The normalized spacial score (nSPS) is 21.0. The largest absolute Gasteiger partial charge is 0.451 e. The van der Waals surface area contributed by atoms with Crippen molar-refractivity contribution in [2.24, 2.45) is 0 Å². The van der Waals surface area contributed by atoms with Crippen LogP contribution in [-0.4, -0.2) is 48.7 Å². The molecule has 0 saturated carbocycles. The van der Waals surface area contributed by atoms with E-state index in [1.165, 1.54) is 11.3 Å². The number of nitrogens with zero attached hydrogens (tertiary/aromatic N) is 1. The number of rotatable bonds is 3.